The van der Waals surface area contributed by atoms with Crippen molar-refractivity contribution in [3.05, 3.63) is 66.5 Å². The summed E-state index contributed by atoms with van der Waals surface area (Å²) in [5.41, 5.74) is -0.127. The standard InChI is InChI=1S/C17H19FN2O2/c1-5-17(3,4)22-16(21)14-15(18)19-11-20(14)12(2)13-9-7-6-8-10-13/h5-12H,1H2,2-4H3/t12-/m1/s1. The molecule has 1 aromatic carbocycles. The van der Waals surface area contributed by atoms with E-state index in [0.29, 0.717) is 0 Å². The molecule has 116 valence electrons. The summed E-state index contributed by atoms with van der Waals surface area (Å²) in [6.07, 6.45) is 2.80. The number of esters is 1. The number of carbonyl (C=O) groups is 1. The molecule has 0 unspecified atom stereocenters. The highest BCUT2D eigenvalue weighted by Gasteiger charge is 2.28. The molecule has 0 N–H and O–H groups in total. The van der Waals surface area contributed by atoms with E-state index in [0.717, 1.165) is 5.56 Å². The molecule has 0 spiro atoms. The van der Waals surface area contributed by atoms with Gasteiger partial charge in [0.2, 0.25) is 5.95 Å². The molecule has 0 fully saturated rings. The Balaban J connectivity index is 2.36. The van der Waals surface area contributed by atoms with Crippen molar-refractivity contribution in [2.24, 2.45) is 0 Å². The second kappa shape index (κ2) is 6.13. The number of nitrogens with zero attached hydrogens (tertiary/aromatic N) is 2. The highest BCUT2D eigenvalue weighted by Crippen LogP contribution is 2.23. The molecule has 1 aromatic heterocycles. The smallest absolute Gasteiger partial charge is 0.360 e. The Kier molecular flexibility index (Phi) is 4.45. The maximum atomic E-state index is 14.0. The minimum Gasteiger partial charge on any atom is -0.451 e. The third kappa shape index (κ3) is 3.24. The third-order valence-corrected chi connectivity index (χ3v) is 3.49. The highest BCUT2D eigenvalue weighted by atomic mass is 19.1. The zero-order chi connectivity index (χ0) is 16.3. The summed E-state index contributed by atoms with van der Waals surface area (Å²) in [5.74, 6) is -1.60. The Bertz CT molecular complexity index is 677. The van der Waals surface area contributed by atoms with Crippen LogP contribution >= 0.6 is 0 Å². The largest absolute Gasteiger partial charge is 0.451 e. The molecule has 2 aromatic rings. The van der Waals surface area contributed by atoms with Gasteiger partial charge in [0.1, 0.15) is 5.60 Å². The van der Waals surface area contributed by atoms with Crippen LogP contribution in [-0.2, 0) is 4.74 Å². The first-order chi connectivity index (χ1) is 10.4. The van der Waals surface area contributed by atoms with Crippen LogP contribution in [0, 0.1) is 5.95 Å². The lowest BCUT2D eigenvalue weighted by Gasteiger charge is -2.22. The van der Waals surface area contributed by atoms with Gasteiger partial charge < -0.3 is 9.30 Å². The summed E-state index contributed by atoms with van der Waals surface area (Å²) in [5, 5.41) is 0. The van der Waals surface area contributed by atoms with Gasteiger partial charge in [0, 0.05) is 0 Å². The summed E-state index contributed by atoms with van der Waals surface area (Å²) >= 11 is 0. The number of halogens is 1. The van der Waals surface area contributed by atoms with Crippen molar-refractivity contribution in [3.8, 4) is 0 Å². The van der Waals surface area contributed by atoms with Gasteiger partial charge >= 0.3 is 5.97 Å². The van der Waals surface area contributed by atoms with Crippen LogP contribution in [0.4, 0.5) is 4.39 Å². The van der Waals surface area contributed by atoms with E-state index in [9.17, 15) is 9.18 Å². The van der Waals surface area contributed by atoms with Crippen LogP contribution in [0.15, 0.2) is 49.3 Å². The molecular formula is C17H19FN2O2. The SMILES string of the molecule is C=CC(C)(C)OC(=O)c1c(F)ncn1[C@H](C)c1ccccc1. The quantitative estimate of drug-likeness (QED) is 0.624. The monoisotopic (exact) mass is 302 g/mol. The van der Waals surface area contributed by atoms with E-state index in [4.69, 9.17) is 4.74 Å². The van der Waals surface area contributed by atoms with Gasteiger partial charge in [-0.05, 0) is 32.4 Å². The summed E-state index contributed by atoms with van der Waals surface area (Å²) in [4.78, 5) is 15.9. The molecule has 0 aliphatic heterocycles. The molecule has 22 heavy (non-hydrogen) atoms. The lowest BCUT2D eigenvalue weighted by atomic mass is 10.1. The number of hydrogen-bond acceptors (Lipinski definition) is 3. The van der Waals surface area contributed by atoms with Gasteiger partial charge in [-0.1, -0.05) is 36.9 Å². The lowest BCUT2D eigenvalue weighted by molar-refractivity contribution is 0.0155. The Morgan fingerprint density at radius 3 is 2.64 bits per heavy atom. The average molecular weight is 302 g/mol. The number of ether oxygens (including phenoxy) is 1. The molecule has 0 aliphatic carbocycles. The van der Waals surface area contributed by atoms with Crippen LogP contribution in [0.1, 0.15) is 42.9 Å². The fourth-order valence-corrected chi connectivity index (χ4v) is 2.04. The topological polar surface area (TPSA) is 44.1 Å². The first-order valence-electron chi connectivity index (χ1n) is 7.00. The molecule has 2 rings (SSSR count). The molecule has 0 saturated heterocycles. The second-order valence-electron chi connectivity index (χ2n) is 5.58. The number of benzene rings is 1. The van der Waals surface area contributed by atoms with Crippen molar-refractivity contribution in [1.29, 1.82) is 0 Å². The summed E-state index contributed by atoms with van der Waals surface area (Å²) in [6, 6.07) is 9.24. The Morgan fingerprint density at radius 1 is 1.41 bits per heavy atom. The lowest BCUT2D eigenvalue weighted by Crippen LogP contribution is -2.27. The molecule has 0 radical (unpaired) electrons. The maximum Gasteiger partial charge on any atom is 0.360 e. The highest BCUT2D eigenvalue weighted by molar-refractivity contribution is 5.88. The van der Waals surface area contributed by atoms with Crippen LogP contribution in [0.25, 0.3) is 0 Å². The Labute approximate surface area is 129 Å². The Hall–Kier alpha value is -2.43. The molecular weight excluding hydrogens is 283 g/mol. The van der Waals surface area contributed by atoms with Crippen molar-refractivity contribution in [3.63, 3.8) is 0 Å². The van der Waals surface area contributed by atoms with Gasteiger partial charge in [0.05, 0.1) is 12.4 Å². The van der Waals surface area contributed by atoms with E-state index in [1.54, 1.807) is 13.8 Å². The van der Waals surface area contributed by atoms with Crippen LogP contribution in [0.2, 0.25) is 0 Å². The number of carbonyl (C=O) groups excluding carboxylic acids is 1. The first kappa shape index (κ1) is 15.9. The maximum absolute atomic E-state index is 14.0. The number of rotatable bonds is 5. The summed E-state index contributed by atoms with van der Waals surface area (Å²) in [6.45, 7) is 8.82. The summed E-state index contributed by atoms with van der Waals surface area (Å²) in [7, 11) is 0. The van der Waals surface area contributed by atoms with Crippen molar-refractivity contribution >= 4 is 5.97 Å². The van der Waals surface area contributed by atoms with E-state index in [1.807, 2.05) is 37.3 Å². The zero-order valence-electron chi connectivity index (χ0n) is 12.9. The molecule has 1 atom stereocenters. The zero-order valence-corrected chi connectivity index (χ0v) is 12.9. The molecule has 0 saturated carbocycles. The van der Waals surface area contributed by atoms with Gasteiger partial charge in [0.25, 0.3) is 0 Å². The minimum absolute atomic E-state index is 0.189. The van der Waals surface area contributed by atoms with E-state index in [1.165, 1.54) is 17.0 Å². The molecule has 4 nitrogen and oxygen atoms in total. The number of hydrogen-bond donors (Lipinski definition) is 0. The van der Waals surface area contributed by atoms with Crippen LogP contribution < -0.4 is 0 Å². The minimum atomic E-state index is -0.880. The van der Waals surface area contributed by atoms with Gasteiger partial charge in [-0.2, -0.15) is 4.39 Å². The van der Waals surface area contributed by atoms with Crippen molar-refractivity contribution in [1.82, 2.24) is 9.55 Å². The van der Waals surface area contributed by atoms with E-state index >= 15 is 0 Å². The van der Waals surface area contributed by atoms with E-state index in [2.05, 4.69) is 11.6 Å². The molecule has 0 aliphatic rings. The molecule has 5 heteroatoms. The van der Waals surface area contributed by atoms with Gasteiger partial charge in [-0.3, -0.25) is 0 Å². The number of aromatic nitrogens is 2. The third-order valence-electron chi connectivity index (χ3n) is 3.49. The predicted octanol–water partition coefficient (Wildman–Crippen LogP) is 3.75. The van der Waals surface area contributed by atoms with Crippen molar-refractivity contribution < 1.29 is 13.9 Å². The predicted molar refractivity (Wildman–Crippen MR) is 82.1 cm³/mol. The fraction of sp³-hybridized carbons (Fsp3) is 0.294. The second-order valence-corrected chi connectivity index (χ2v) is 5.58. The molecule has 1 heterocycles. The fourth-order valence-electron chi connectivity index (χ4n) is 2.04. The first-order valence-corrected chi connectivity index (χ1v) is 7.00. The van der Waals surface area contributed by atoms with E-state index < -0.39 is 17.5 Å². The van der Waals surface area contributed by atoms with Gasteiger partial charge in [-0.25, -0.2) is 9.78 Å². The van der Waals surface area contributed by atoms with Crippen LogP contribution in [-0.4, -0.2) is 21.1 Å². The number of imidazole rings is 1. The van der Waals surface area contributed by atoms with Crippen LogP contribution in [0.5, 0.6) is 0 Å². The Morgan fingerprint density at radius 2 is 2.05 bits per heavy atom. The van der Waals surface area contributed by atoms with E-state index in [-0.39, 0.29) is 11.7 Å². The summed E-state index contributed by atoms with van der Waals surface area (Å²) < 4.78 is 20.7. The molecule has 0 bridgehead atoms. The van der Waals surface area contributed by atoms with Crippen molar-refractivity contribution in [2.45, 2.75) is 32.4 Å². The normalized spacial score (nSPS) is 12.7. The van der Waals surface area contributed by atoms with Crippen molar-refractivity contribution in [2.75, 3.05) is 0 Å². The molecule has 0 amide bonds. The van der Waals surface area contributed by atoms with Gasteiger partial charge in [-0.15, -0.1) is 0 Å². The van der Waals surface area contributed by atoms with Gasteiger partial charge in [0.15, 0.2) is 5.69 Å². The average Bonchev–Trinajstić information content (AvgIpc) is 2.89. The van der Waals surface area contributed by atoms with Crippen LogP contribution in [0.3, 0.4) is 0 Å².